The number of hydrogen-bond acceptors (Lipinski definition) is 1. The lowest BCUT2D eigenvalue weighted by Crippen LogP contribution is -2.20. The van der Waals surface area contributed by atoms with E-state index in [2.05, 4.69) is 36.5 Å². The molecule has 0 spiro atoms. The molecule has 0 heterocycles. The third-order valence-electron chi connectivity index (χ3n) is 3.84. The fraction of sp³-hybridized carbons (Fsp3) is 0.632. The molecule has 1 N–H and O–H groups in total. The first-order valence-electron chi connectivity index (χ1n) is 8.63. The second kappa shape index (κ2) is 12.8. The van der Waals surface area contributed by atoms with Gasteiger partial charge in [0, 0.05) is 6.54 Å². The minimum atomic E-state index is 0.858. The van der Waals surface area contributed by atoms with E-state index in [0.29, 0.717) is 0 Å². The van der Waals surface area contributed by atoms with E-state index in [9.17, 15) is 0 Å². The van der Waals surface area contributed by atoms with Gasteiger partial charge in [0.1, 0.15) is 0 Å². The molecule has 0 fully saturated rings. The zero-order valence-corrected chi connectivity index (χ0v) is 14.4. The number of rotatable bonds is 12. The maximum absolute atomic E-state index is 5.39. The summed E-state index contributed by atoms with van der Waals surface area (Å²) in [4.78, 5) is 1.02. The van der Waals surface area contributed by atoms with Crippen molar-refractivity contribution in [3.05, 3.63) is 35.9 Å². The Morgan fingerprint density at radius 3 is 2.05 bits per heavy atom. The number of benzene rings is 1. The van der Waals surface area contributed by atoms with Crippen LogP contribution in [-0.2, 0) is 6.54 Å². The van der Waals surface area contributed by atoms with E-state index in [-0.39, 0.29) is 0 Å². The van der Waals surface area contributed by atoms with Crippen molar-refractivity contribution in [2.24, 2.45) is 0 Å². The average molecular weight is 306 g/mol. The Kier molecular flexibility index (Phi) is 11.1. The van der Waals surface area contributed by atoms with Gasteiger partial charge in [0.2, 0.25) is 0 Å². The Labute approximate surface area is 136 Å². The molecule has 0 atom stereocenters. The van der Waals surface area contributed by atoms with Gasteiger partial charge in [0.05, 0.1) is 4.99 Å². The first-order chi connectivity index (χ1) is 10.3. The summed E-state index contributed by atoms with van der Waals surface area (Å²) in [5.74, 6) is 0. The minimum absolute atomic E-state index is 0.858. The average Bonchev–Trinajstić information content (AvgIpc) is 2.52. The van der Waals surface area contributed by atoms with Crippen LogP contribution in [0.4, 0.5) is 0 Å². The highest BCUT2D eigenvalue weighted by atomic mass is 32.1. The van der Waals surface area contributed by atoms with Crippen LogP contribution in [0.15, 0.2) is 30.3 Å². The van der Waals surface area contributed by atoms with Gasteiger partial charge in [-0.2, -0.15) is 0 Å². The van der Waals surface area contributed by atoms with Gasteiger partial charge in [0.15, 0.2) is 0 Å². The highest BCUT2D eigenvalue weighted by Gasteiger charge is 1.98. The Bertz CT molecular complexity index is 361. The Balaban J connectivity index is 1.89. The maximum atomic E-state index is 5.39. The van der Waals surface area contributed by atoms with Crippen LogP contribution in [-0.4, -0.2) is 4.99 Å². The quantitative estimate of drug-likeness (QED) is 0.374. The number of hydrogen-bond donors (Lipinski definition) is 1. The lowest BCUT2D eigenvalue weighted by molar-refractivity contribution is 0.568. The third kappa shape index (κ3) is 10.5. The molecule has 0 unspecified atom stereocenters. The van der Waals surface area contributed by atoms with Crippen LogP contribution in [0.1, 0.15) is 76.7 Å². The van der Waals surface area contributed by atoms with Gasteiger partial charge in [-0.1, -0.05) is 101 Å². The van der Waals surface area contributed by atoms with E-state index in [4.69, 9.17) is 12.2 Å². The van der Waals surface area contributed by atoms with Crippen LogP contribution < -0.4 is 5.32 Å². The van der Waals surface area contributed by atoms with E-state index < -0.39 is 0 Å². The molecule has 0 saturated carbocycles. The second-order valence-corrected chi connectivity index (χ2v) is 6.33. The smallest absolute Gasteiger partial charge is 0.0756 e. The van der Waals surface area contributed by atoms with E-state index in [1.54, 1.807) is 0 Å². The predicted octanol–water partition coefficient (Wildman–Crippen LogP) is 6.02. The first kappa shape index (κ1) is 18.2. The van der Waals surface area contributed by atoms with Crippen molar-refractivity contribution in [2.45, 2.75) is 77.7 Å². The molecule has 0 aliphatic rings. The number of nitrogens with one attached hydrogen (secondary N) is 1. The summed E-state index contributed by atoms with van der Waals surface area (Å²) < 4.78 is 0. The van der Waals surface area contributed by atoms with Crippen molar-refractivity contribution >= 4 is 17.2 Å². The molecule has 0 radical (unpaired) electrons. The van der Waals surface area contributed by atoms with Crippen molar-refractivity contribution < 1.29 is 0 Å². The zero-order valence-electron chi connectivity index (χ0n) is 13.6. The molecule has 0 saturated heterocycles. The van der Waals surface area contributed by atoms with E-state index >= 15 is 0 Å². The summed E-state index contributed by atoms with van der Waals surface area (Å²) in [6.45, 7) is 3.13. The van der Waals surface area contributed by atoms with Gasteiger partial charge in [-0.15, -0.1) is 0 Å². The lowest BCUT2D eigenvalue weighted by atomic mass is 10.1. The fourth-order valence-corrected chi connectivity index (χ4v) is 2.70. The zero-order chi connectivity index (χ0) is 15.2. The normalized spacial score (nSPS) is 10.5. The highest BCUT2D eigenvalue weighted by Crippen LogP contribution is 2.10. The SMILES string of the molecule is CCCCCCCCCCCC(=S)NCc1ccccc1. The van der Waals surface area contributed by atoms with E-state index in [1.165, 1.54) is 63.4 Å². The summed E-state index contributed by atoms with van der Waals surface area (Å²) >= 11 is 5.39. The third-order valence-corrected chi connectivity index (χ3v) is 4.19. The molecule has 0 aliphatic carbocycles. The molecule has 21 heavy (non-hydrogen) atoms. The molecule has 0 amide bonds. The molecule has 118 valence electrons. The maximum Gasteiger partial charge on any atom is 0.0756 e. The van der Waals surface area contributed by atoms with Crippen LogP contribution in [0, 0.1) is 0 Å². The predicted molar refractivity (Wildman–Crippen MR) is 97.7 cm³/mol. The summed E-state index contributed by atoms with van der Waals surface area (Å²) in [6.07, 6.45) is 13.4. The molecule has 2 heteroatoms. The van der Waals surface area contributed by atoms with Gasteiger partial charge in [-0.3, -0.25) is 0 Å². The van der Waals surface area contributed by atoms with E-state index in [0.717, 1.165) is 18.0 Å². The standard InChI is InChI=1S/C19H31NS/c1-2-3-4-5-6-7-8-9-13-16-19(21)20-17-18-14-11-10-12-15-18/h10-12,14-15H,2-9,13,16-17H2,1H3,(H,20,21). The van der Waals surface area contributed by atoms with Crippen molar-refractivity contribution in [1.82, 2.24) is 5.32 Å². The lowest BCUT2D eigenvalue weighted by Gasteiger charge is -2.08. The van der Waals surface area contributed by atoms with Gasteiger partial charge >= 0.3 is 0 Å². The van der Waals surface area contributed by atoms with Gasteiger partial charge in [-0.25, -0.2) is 0 Å². The van der Waals surface area contributed by atoms with Gasteiger partial charge in [-0.05, 0) is 18.4 Å². The molecule has 1 aromatic rings. The summed E-state index contributed by atoms with van der Waals surface area (Å²) in [6, 6.07) is 10.5. The van der Waals surface area contributed by atoms with Crippen LogP contribution >= 0.6 is 12.2 Å². The molecule has 1 aromatic carbocycles. The van der Waals surface area contributed by atoms with Crippen molar-refractivity contribution in [2.75, 3.05) is 0 Å². The number of unbranched alkanes of at least 4 members (excludes halogenated alkanes) is 8. The largest absolute Gasteiger partial charge is 0.376 e. The van der Waals surface area contributed by atoms with E-state index in [1.807, 2.05) is 6.07 Å². The van der Waals surface area contributed by atoms with Crippen LogP contribution in [0.5, 0.6) is 0 Å². The van der Waals surface area contributed by atoms with Crippen molar-refractivity contribution in [1.29, 1.82) is 0 Å². The molecular weight excluding hydrogens is 274 g/mol. The highest BCUT2D eigenvalue weighted by molar-refractivity contribution is 7.80. The minimum Gasteiger partial charge on any atom is -0.376 e. The molecule has 1 nitrogen and oxygen atoms in total. The van der Waals surface area contributed by atoms with Gasteiger partial charge < -0.3 is 5.32 Å². The number of thiocarbonyl (C=S) groups is 1. The van der Waals surface area contributed by atoms with Crippen LogP contribution in [0.25, 0.3) is 0 Å². The first-order valence-corrected chi connectivity index (χ1v) is 9.04. The van der Waals surface area contributed by atoms with Crippen LogP contribution in [0.2, 0.25) is 0 Å². The summed E-state index contributed by atoms with van der Waals surface area (Å²) in [5.41, 5.74) is 1.30. The van der Waals surface area contributed by atoms with Crippen LogP contribution in [0.3, 0.4) is 0 Å². The monoisotopic (exact) mass is 305 g/mol. The molecule has 0 bridgehead atoms. The Morgan fingerprint density at radius 1 is 0.857 bits per heavy atom. The molecule has 0 aliphatic heterocycles. The fourth-order valence-electron chi connectivity index (χ4n) is 2.48. The van der Waals surface area contributed by atoms with Crippen molar-refractivity contribution in [3.63, 3.8) is 0 Å². The second-order valence-electron chi connectivity index (χ2n) is 5.84. The Hall–Kier alpha value is -0.890. The molecule has 0 aromatic heterocycles. The van der Waals surface area contributed by atoms with Crippen molar-refractivity contribution in [3.8, 4) is 0 Å². The summed E-state index contributed by atoms with van der Waals surface area (Å²) in [7, 11) is 0. The molecular formula is C19H31NS. The van der Waals surface area contributed by atoms with Gasteiger partial charge in [0.25, 0.3) is 0 Å². The summed E-state index contributed by atoms with van der Waals surface area (Å²) in [5, 5.41) is 3.36. The topological polar surface area (TPSA) is 12.0 Å². The Morgan fingerprint density at radius 2 is 1.43 bits per heavy atom. The molecule has 1 rings (SSSR count).